The van der Waals surface area contributed by atoms with Crippen LogP contribution in [0.5, 0.6) is 0 Å². The number of rotatable bonds is 4. The summed E-state index contributed by atoms with van der Waals surface area (Å²) in [5.74, 6) is 2.53. The van der Waals surface area contributed by atoms with E-state index in [2.05, 4.69) is 55.6 Å². The molecule has 3 saturated heterocycles. The predicted molar refractivity (Wildman–Crippen MR) is 204 cm³/mol. The number of hydrogen-bond donors (Lipinski definition) is 1. The molecule has 5 atom stereocenters. The number of thiazole rings is 2. The van der Waals surface area contributed by atoms with Gasteiger partial charge in [0.1, 0.15) is 0 Å². The number of aliphatic imine (C=N–C) groups is 1. The maximum Gasteiger partial charge on any atom is 1.00 e. The Morgan fingerprint density at radius 3 is 1.92 bits per heavy atom. The van der Waals surface area contributed by atoms with Gasteiger partial charge in [-0.3, -0.25) is 14.6 Å². The van der Waals surface area contributed by atoms with Gasteiger partial charge in [0, 0.05) is 78.6 Å². The minimum atomic E-state index is 0. The molecule has 2 aromatic heterocycles. The molecule has 3 radical (unpaired) electrons. The van der Waals surface area contributed by atoms with Crippen molar-refractivity contribution in [1.82, 2.24) is 25.1 Å². The molecule has 2 aromatic carbocycles. The van der Waals surface area contributed by atoms with E-state index < -0.39 is 0 Å². The number of nitrogens with zero attached hydrogens (tertiary/aromatic N) is 5. The van der Waals surface area contributed by atoms with Crippen molar-refractivity contribution in [3.63, 3.8) is 0 Å². The topological polar surface area (TPSA) is 90.8 Å². The molecule has 4 aliphatic rings. The van der Waals surface area contributed by atoms with Crippen LogP contribution in [0.1, 0.15) is 106 Å². The molecule has 259 valence electrons. The van der Waals surface area contributed by atoms with E-state index in [1.807, 2.05) is 23.9 Å². The predicted octanol–water partition coefficient (Wildman–Crippen LogP) is 4.28. The maximum absolute atomic E-state index is 12.0. The molecule has 8 nitrogen and oxygen atoms in total. The minimum Gasteiger partial charge on any atom is -1.00 e. The second-order valence-corrected chi connectivity index (χ2v) is 16.7. The largest absolute Gasteiger partial charge is 1.00 e. The smallest absolute Gasteiger partial charge is 1.00 e. The van der Waals surface area contributed by atoms with E-state index in [0.29, 0.717) is 30.7 Å². The number of nitrogens with one attached hydrogen (secondary N) is 1. The van der Waals surface area contributed by atoms with E-state index in [1.165, 1.54) is 45.5 Å². The number of aromatic nitrogens is 2. The molecule has 0 aliphatic carbocycles. The Balaban J connectivity index is 0.000000216. The fourth-order valence-electron chi connectivity index (χ4n) is 7.30. The first kappa shape index (κ1) is 39.1. The van der Waals surface area contributed by atoms with Crippen molar-refractivity contribution in [2.75, 3.05) is 40.3 Å². The van der Waals surface area contributed by atoms with Gasteiger partial charge in [0.25, 0.3) is 0 Å². The number of benzene rings is 2. The van der Waals surface area contributed by atoms with Crippen molar-refractivity contribution >= 4 is 69.0 Å². The van der Waals surface area contributed by atoms with Gasteiger partial charge in [-0.1, -0.05) is 26.0 Å². The first-order valence-electron chi connectivity index (χ1n) is 17.8. The third-order valence-electron chi connectivity index (χ3n) is 10.7. The van der Waals surface area contributed by atoms with Crippen molar-refractivity contribution in [3.05, 3.63) is 57.5 Å². The van der Waals surface area contributed by atoms with E-state index >= 15 is 0 Å². The average molecular weight is 720 g/mol. The third kappa shape index (κ3) is 8.89. The number of amides is 2. The summed E-state index contributed by atoms with van der Waals surface area (Å²) in [5, 5.41) is 5.90. The maximum atomic E-state index is 12.0. The zero-order chi connectivity index (χ0) is 33.4. The Kier molecular flexibility index (Phi) is 13.4. The van der Waals surface area contributed by atoms with Crippen molar-refractivity contribution in [2.24, 2.45) is 16.8 Å². The van der Waals surface area contributed by atoms with Crippen molar-refractivity contribution in [2.45, 2.75) is 83.1 Å². The minimum absolute atomic E-state index is 0. The van der Waals surface area contributed by atoms with Crippen molar-refractivity contribution < 1.29 is 40.6 Å². The summed E-state index contributed by atoms with van der Waals surface area (Å²) in [7, 11) is 3.77. The Bertz CT molecular complexity index is 1840. The molecule has 3 fully saturated rings. The number of piperidine rings is 3. The molecule has 1 N–H and O–H groups in total. The van der Waals surface area contributed by atoms with Crippen LogP contribution < -0.4 is 34.9 Å². The fraction of sp³-hybridized carbons (Fsp3) is 0.553. The monoisotopic (exact) mass is 719 g/mol. The first-order chi connectivity index (χ1) is 23.2. The van der Waals surface area contributed by atoms with Crippen LogP contribution in [0.25, 0.3) is 20.4 Å². The molecule has 12 heteroatoms. The third-order valence-corrected chi connectivity index (χ3v) is 13.1. The van der Waals surface area contributed by atoms with E-state index in [9.17, 15) is 9.59 Å². The van der Waals surface area contributed by atoms with Crippen LogP contribution in [0.4, 0.5) is 0 Å². The summed E-state index contributed by atoms with van der Waals surface area (Å²) < 4.78 is 2.45. The molecule has 50 heavy (non-hydrogen) atoms. The molecule has 0 saturated carbocycles. The molecule has 6 heterocycles. The van der Waals surface area contributed by atoms with E-state index in [4.69, 9.17) is 15.0 Å². The van der Waals surface area contributed by atoms with E-state index in [0.717, 1.165) is 72.4 Å². The quantitative estimate of drug-likeness (QED) is 0.319. The van der Waals surface area contributed by atoms with Gasteiger partial charge in [0.05, 0.1) is 30.4 Å². The Morgan fingerprint density at radius 1 is 0.780 bits per heavy atom. The SMILES string of the molecule is C[C@H]1CCC(c2ccc3sc(C4CCN(C)C(=O)C4)nc3c2)=NC1.C[C@H]1CC[C@H](c2ccc3sc(C4CCN(C)C(=O)C4)nc3c2)NC1.[B].[H-].[Na+]. The van der Waals surface area contributed by atoms with Crippen LogP contribution in [-0.4, -0.2) is 86.0 Å². The molecule has 2 unspecified atom stereocenters. The fourth-order valence-corrected chi connectivity index (χ4v) is 9.46. The van der Waals surface area contributed by atoms with Gasteiger partial charge in [-0.15, -0.1) is 22.7 Å². The number of fused-ring (bicyclic) bond motifs is 2. The molecule has 4 aliphatic heterocycles. The Hall–Kier alpha value is -2.15. The van der Waals surface area contributed by atoms with Gasteiger partial charge in [0.15, 0.2) is 0 Å². The van der Waals surface area contributed by atoms with Gasteiger partial charge in [-0.2, -0.15) is 0 Å². The number of hydrogen-bond acceptors (Lipinski definition) is 8. The van der Waals surface area contributed by atoms with Gasteiger partial charge >= 0.3 is 29.6 Å². The van der Waals surface area contributed by atoms with Crippen molar-refractivity contribution in [3.8, 4) is 0 Å². The second kappa shape index (κ2) is 17.1. The molecule has 0 spiro atoms. The molecular formula is C38H49BN6NaO2S2. The van der Waals surface area contributed by atoms with Gasteiger partial charge < -0.3 is 16.5 Å². The van der Waals surface area contributed by atoms with Gasteiger partial charge in [-0.25, -0.2) is 9.97 Å². The van der Waals surface area contributed by atoms with Crippen LogP contribution in [0.3, 0.4) is 0 Å². The summed E-state index contributed by atoms with van der Waals surface area (Å²) in [5.41, 5.74) is 5.94. The van der Waals surface area contributed by atoms with Gasteiger partial charge in [-0.05, 0) is 92.3 Å². The van der Waals surface area contributed by atoms with Gasteiger partial charge in [0.2, 0.25) is 11.8 Å². The standard InChI is InChI=1S/C19H25N3OS.C19H23N3OS.B.Na.H/c2*1-12-3-5-15(20-11-12)13-4-6-17-16(9-13)21-19(24-17)14-7-8-22(2)18(23)10-14;;;/h4,6,9,12,14-15,20H,3,5,7-8,10-11H2,1-2H3;4,6,9,12,14H,3,5,7-8,10-11H2,1-2H3;;;/q;;;+1;-1/t12-,14?,15+;12-,14?;;;/m00.../s1. The summed E-state index contributed by atoms with van der Waals surface area (Å²) >= 11 is 3.50. The van der Waals surface area contributed by atoms with Crippen LogP contribution in [0.15, 0.2) is 41.4 Å². The van der Waals surface area contributed by atoms with Crippen LogP contribution >= 0.6 is 22.7 Å². The summed E-state index contributed by atoms with van der Waals surface area (Å²) in [4.78, 5) is 42.1. The Labute approximate surface area is 330 Å². The summed E-state index contributed by atoms with van der Waals surface area (Å²) in [6.45, 7) is 8.28. The Morgan fingerprint density at radius 2 is 1.38 bits per heavy atom. The molecule has 4 aromatic rings. The normalized spacial score (nSPS) is 25.8. The van der Waals surface area contributed by atoms with Crippen LogP contribution in [-0.2, 0) is 9.59 Å². The molecule has 0 bridgehead atoms. The molecule has 8 rings (SSSR count). The first-order valence-corrected chi connectivity index (χ1v) is 19.4. The number of likely N-dealkylation sites (tertiary alicyclic amines) is 2. The van der Waals surface area contributed by atoms with Crippen LogP contribution in [0.2, 0.25) is 0 Å². The van der Waals surface area contributed by atoms with E-state index in [1.54, 1.807) is 22.7 Å². The number of carbonyl (C=O) groups is 2. The zero-order valence-electron chi connectivity index (χ0n) is 31.3. The average Bonchev–Trinajstić information content (AvgIpc) is 3.72. The summed E-state index contributed by atoms with van der Waals surface area (Å²) in [6, 6.07) is 13.7. The zero-order valence-corrected chi connectivity index (χ0v) is 33.9. The molecular weight excluding hydrogens is 670 g/mol. The summed E-state index contributed by atoms with van der Waals surface area (Å²) in [6.07, 6.45) is 8.00. The number of carbonyl (C=O) groups excluding carboxylic acids is 2. The van der Waals surface area contributed by atoms with E-state index in [-0.39, 0.29) is 57.1 Å². The second-order valence-electron chi connectivity index (χ2n) is 14.6. The molecule has 2 amide bonds. The van der Waals surface area contributed by atoms with Crippen molar-refractivity contribution in [1.29, 1.82) is 0 Å². The van der Waals surface area contributed by atoms with Crippen LogP contribution in [0, 0.1) is 11.8 Å².